The summed E-state index contributed by atoms with van der Waals surface area (Å²) >= 11 is 1.26. The summed E-state index contributed by atoms with van der Waals surface area (Å²) < 4.78 is 5.11. The van der Waals surface area contributed by atoms with E-state index in [0.29, 0.717) is 10.9 Å². The number of amides is 2. The lowest BCUT2D eigenvalue weighted by Gasteiger charge is -2.19. The fourth-order valence-corrected chi connectivity index (χ4v) is 3.61. The Morgan fingerprint density at radius 3 is 2.69 bits per heavy atom. The van der Waals surface area contributed by atoms with Gasteiger partial charge < -0.3 is 15.0 Å². The number of aliphatic imine (C=N–C) groups is 1. The summed E-state index contributed by atoms with van der Waals surface area (Å²) in [5.41, 5.74) is 0.0200. The topological polar surface area (TPSA) is 114 Å². The van der Waals surface area contributed by atoms with E-state index in [2.05, 4.69) is 10.3 Å². The van der Waals surface area contributed by atoms with Crippen LogP contribution in [0, 0.1) is 10.1 Å². The quantitative estimate of drug-likeness (QED) is 0.570. The second-order valence-electron chi connectivity index (χ2n) is 5.41. The summed E-state index contributed by atoms with van der Waals surface area (Å²) in [4.78, 5) is 40.7. The van der Waals surface area contributed by atoms with Crippen LogP contribution >= 0.6 is 11.8 Å². The standard InChI is InChI=1S/C16H20N4O5S/c1-4-19(5-2)16-18-15(22)13(26-16)9-14(21)17-11-8-10(20(23)24)6-7-12(11)25-3/h6-8,13H,4-5,9H2,1-3H3,(H,17,21)/t13-/m0/s1. The molecule has 0 aromatic heterocycles. The summed E-state index contributed by atoms with van der Waals surface area (Å²) in [5.74, 6) is -0.488. The minimum atomic E-state index is -0.602. The van der Waals surface area contributed by atoms with Gasteiger partial charge >= 0.3 is 0 Å². The van der Waals surface area contributed by atoms with Gasteiger partial charge in [-0.05, 0) is 19.9 Å². The summed E-state index contributed by atoms with van der Waals surface area (Å²) in [6.45, 7) is 5.37. The second-order valence-corrected chi connectivity index (χ2v) is 6.58. The molecule has 1 heterocycles. The number of rotatable bonds is 7. The molecular weight excluding hydrogens is 360 g/mol. The number of thioether (sulfide) groups is 1. The van der Waals surface area contributed by atoms with E-state index in [9.17, 15) is 19.7 Å². The summed E-state index contributed by atoms with van der Waals surface area (Å²) in [6, 6.07) is 3.91. The molecule has 0 aliphatic carbocycles. The van der Waals surface area contributed by atoms with Crippen molar-refractivity contribution >= 4 is 40.1 Å². The number of nitro groups is 1. The van der Waals surface area contributed by atoms with Crippen LogP contribution in [-0.2, 0) is 9.59 Å². The highest BCUT2D eigenvalue weighted by Crippen LogP contribution is 2.31. The Balaban J connectivity index is 2.05. The second kappa shape index (κ2) is 8.65. The third-order valence-electron chi connectivity index (χ3n) is 3.80. The van der Waals surface area contributed by atoms with E-state index in [1.165, 1.54) is 37.1 Å². The SMILES string of the molecule is CCN(CC)C1=NC(=O)[C@H](CC(=O)Nc2cc([N+](=O)[O-])ccc2OC)S1. The number of anilines is 1. The van der Waals surface area contributed by atoms with Crippen LogP contribution in [0.25, 0.3) is 0 Å². The number of benzene rings is 1. The first-order valence-electron chi connectivity index (χ1n) is 8.06. The van der Waals surface area contributed by atoms with Crippen molar-refractivity contribution in [3.8, 4) is 5.75 Å². The number of amidine groups is 1. The Kier molecular flexibility index (Phi) is 6.56. The highest BCUT2D eigenvalue weighted by Gasteiger charge is 2.32. The monoisotopic (exact) mass is 380 g/mol. The Labute approximate surface area is 154 Å². The van der Waals surface area contributed by atoms with Gasteiger partial charge in [-0.3, -0.25) is 19.7 Å². The van der Waals surface area contributed by atoms with E-state index in [1.807, 2.05) is 18.7 Å². The van der Waals surface area contributed by atoms with Crippen LogP contribution in [0.4, 0.5) is 11.4 Å². The number of carbonyl (C=O) groups is 2. The summed E-state index contributed by atoms with van der Waals surface area (Å²) in [5, 5.41) is 13.5. The van der Waals surface area contributed by atoms with Crippen molar-refractivity contribution in [1.82, 2.24) is 4.90 Å². The molecule has 0 saturated heterocycles. The molecule has 1 aliphatic rings. The molecule has 0 spiro atoms. The van der Waals surface area contributed by atoms with Gasteiger partial charge in [0.05, 0.1) is 17.7 Å². The normalized spacial score (nSPS) is 16.2. The van der Waals surface area contributed by atoms with Crippen LogP contribution in [0.1, 0.15) is 20.3 Å². The average Bonchev–Trinajstić information content (AvgIpc) is 2.96. The molecule has 2 rings (SSSR count). The fourth-order valence-electron chi connectivity index (χ4n) is 2.42. The molecule has 1 atom stereocenters. The van der Waals surface area contributed by atoms with Crippen LogP contribution in [0.3, 0.4) is 0 Å². The Hall–Kier alpha value is -2.62. The third-order valence-corrected chi connectivity index (χ3v) is 5.01. The van der Waals surface area contributed by atoms with Crippen molar-refractivity contribution in [3.05, 3.63) is 28.3 Å². The number of hydrogen-bond acceptors (Lipinski definition) is 7. The maximum atomic E-state index is 12.3. The first-order chi connectivity index (χ1) is 12.4. The molecule has 26 heavy (non-hydrogen) atoms. The first-order valence-corrected chi connectivity index (χ1v) is 8.93. The number of ether oxygens (including phenoxy) is 1. The number of nitro benzene ring substituents is 1. The van der Waals surface area contributed by atoms with E-state index in [-0.39, 0.29) is 23.7 Å². The van der Waals surface area contributed by atoms with Gasteiger partial charge in [-0.25, -0.2) is 0 Å². The molecule has 0 bridgehead atoms. The van der Waals surface area contributed by atoms with Crippen molar-refractivity contribution in [2.24, 2.45) is 4.99 Å². The molecule has 0 radical (unpaired) electrons. The van der Waals surface area contributed by atoms with Gasteiger partial charge in [0.1, 0.15) is 11.0 Å². The van der Waals surface area contributed by atoms with Crippen molar-refractivity contribution in [2.75, 3.05) is 25.5 Å². The van der Waals surface area contributed by atoms with Crippen LogP contribution in [0.15, 0.2) is 23.2 Å². The largest absolute Gasteiger partial charge is 0.495 e. The van der Waals surface area contributed by atoms with Gasteiger partial charge in [0.2, 0.25) is 5.91 Å². The number of methoxy groups -OCH3 is 1. The van der Waals surface area contributed by atoms with Crippen LogP contribution in [0.5, 0.6) is 5.75 Å². The van der Waals surface area contributed by atoms with Gasteiger partial charge in [0.25, 0.3) is 11.6 Å². The number of nitrogens with one attached hydrogen (secondary N) is 1. The van der Waals surface area contributed by atoms with Crippen LogP contribution in [0.2, 0.25) is 0 Å². The molecule has 0 fully saturated rings. The minimum absolute atomic E-state index is 0.0797. The predicted molar refractivity (Wildman–Crippen MR) is 99.6 cm³/mol. The molecular formula is C16H20N4O5S. The Bertz CT molecular complexity index is 748. The highest BCUT2D eigenvalue weighted by molar-refractivity contribution is 8.15. The van der Waals surface area contributed by atoms with E-state index >= 15 is 0 Å². The molecule has 1 aromatic rings. The van der Waals surface area contributed by atoms with Gasteiger partial charge in [-0.2, -0.15) is 4.99 Å². The van der Waals surface area contributed by atoms with Gasteiger partial charge in [-0.15, -0.1) is 0 Å². The number of carbonyl (C=O) groups excluding carboxylic acids is 2. The molecule has 2 amide bonds. The number of nitrogens with zero attached hydrogens (tertiary/aromatic N) is 3. The lowest BCUT2D eigenvalue weighted by Crippen LogP contribution is -2.28. The average molecular weight is 380 g/mol. The molecule has 1 N–H and O–H groups in total. The molecule has 9 nitrogen and oxygen atoms in total. The minimum Gasteiger partial charge on any atom is -0.495 e. The maximum Gasteiger partial charge on any atom is 0.271 e. The Morgan fingerprint density at radius 1 is 1.42 bits per heavy atom. The van der Waals surface area contributed by atoms with Crippen LogP contribution < -0.4 is 10.1 Å². The maximum absolute atomic E-state index is 12.3. The van der Waals surface area contributed by atoms with E-state index in [0.717, 1.165) is 13.1 Å². The molecule has 1 aromatic carbocycles. The zero-order valence-corrected chi connectivity index (χ0v) is 15.5. The summed E-state index contributed by atoms with van der Waals surface area (Å²) in [7, 11) is 1.40. The zero-order valence-electron chi connectivity index (χ0n) is 14.7. The third kappa shape index (κ3) is 4.51. The van der Waals surface area contributed by atoms with Crippen LogP contribution in [-0.4, -0.2) is 52.3 Å². The Morgan fingerprint density at radius 2 is 2.12 bits per heavy atom. The fraction of sp³-hybridized carbons (Fsp3) is 0.438. The van der Waals surface area contributed by atoms with Gasteiger partial charge in [0, 0.05) is 31.6 Å². The van der Waals surface area contributed by atoms with Crippen molar-refractivity contribution in [3.63, 3.8) is 0 Å². The molecule has 10 heteroatoms. The number of non-ortho nitro benzene ring substituents is 1. The van der Waals surface area contributed by atoms with Gasteiger partial charge in [-0.1, -0.05) is 11.8 Å². The molecule has 0 unspecified atom stereocenters. The van der Waals surface area contributed by atoms with Gasteiger partial charge in [0.15, 0.2) is 5.17 Å². The summed E-state index contributed by atoms with van der Waals surface area (Å²) in [6.07, 6.45) is -0.0797. The van der Waals surface area contributed by atoms with Crippen molar-refractivity contribution in [1.29, 1.82) is 0 Å². The lowest BCUT2D eigenvalue weighted by molar-refractivity contribution is -0.384. The van der Waals surface area contributed by atoms with Crippen molar-refractivity contribution < 1.29 is 19.2 Å². The molecule has 1 aliphatic heterocycles. The lowest BCUT2D eigenvalue weighted by atomic mass is 10.2. The van der Waals surface area contributed by atoms with E-state index < -0.39 is 16.1 Å². The predicted octanol–water partition coefficient (Wildman–Crippen LogP) is 2.27. The van der Waals surface area contributed by atoms with Crippen molar-refractivity contribution in [2.45, 2.75) is 25.5 Å². The molecule has 140 valence electrons. The highest BCUT2D eigenvalue weighted by atomic mass is 32.2. The zero-order chi connectivity index (χ0) is 19.3. The number of hydrogen-bond donors (Lipinski definition) is 1. The smallest absolute Gasteiger partial charge is 0.271 e. The van der Waals surface area contributed by atoms with E-state index in [1.54, 1.807) is 0 Å². The molecule has 0 saturated carbocycles. The van der Waals surface area contributed by atoms with E-state index in [4.69, 9.17) is 4.74 Å². The first kappa shape index (κ1) is 19.7.